The summed E-state index contributed by atoms with van der Waals surface area (Å²) < 4.78 is 19.8. The van der Waals surface area contributed by atoms with E-state index in [1.54, 1.807) is 0 Å². The number of nitrogens with zero attached hydrogens (tertiary/aromatic N) is 2. The Labute approximate surface area is 143 Å². The summed E-state index contributed by atoms with van der Waals surface area (Å²) in [5.74, 6) is -1.57. The zero-order chi connectivity index (χ0) is 16.6. The maximum absolute atomic E-state index is 13.7. The molecule has 22 heavy (non-hydrogen) atoms. The van der Waals surface area contributed by atoms with E-state index in [1.165, 1.54) is 23.9 Å². The van der Waals surface area contributed by atoms with Crippen molar-refractivity contribution in [1.82, 2.24) is 4.57 Å². The lowest BCUT2D eigenvalue weighted by atomic mass is 10.2. The molecule has 0 unspecified atom stereocenters. The molecule has 2 rings (SSSR count). The summed E-state index contributed by atoms with van der Waals surface area (Å²) in [5.41, 5.74) is 5.94. The number of halogens is 4. The number of methoxy groups -OCH3 is 1. The Bertz CT molecular complexity index is 830. The lowest BCUT2D eigenvalue weighted by molar-refractivity contribution is 0.0593. The average Bonchev–Trinajstić information content (AvgIpc) is 2.84. The number of nitrogens with two attached hydrogens (primary N) is 1. The molecular formula is C13H7BrCl2FN3O2. The second-order valence-corrected chi connectivity index (χ2v) is 5.68. The number of carbonyl (C=O) groups is 1. The number of hydrogen-bond donors (Lipinski definition) is 1. The minimum Gasteiger partial charge on any atom is -0.464 e. The first-order valence-electron chi connectivity index (χ1n) is 5.66. The fourth-order valence-corrected chi connectivity index (χ4v) is 2.76. The summed E-state index contributed by atoms with van der Waals surface area (Å²) in [4.78, 5) is 11.9. The van der Waals surface area contributed by atoms with Crippen LogP contribution >= 0.6 is 39.1 Å². The van der Waals surface area contributed by atoms with E-state index < -0.39 is 11.8 Å². The van der Waals surface area contributed by atoms with Crippen molar-refractivity contribution in [2.24, 2.45) is 0 Å². The van der Waals surface area contributed by atoms with Gasteiger partial charge in [-0.2, -0.15) is 5.26 Å². The van der Waals surface area contributed by atoms with Gasteiger partial charge in [0.15, 0.2) is 11.5 Å². The van der Waals surface area contributed by atoms with Crippen LogP contribution in [0.1, 0.15) is 16.1 Å². The molecule has 0 aliphatic heterocycles. The van der Waals surface area contributed by atoms with Crippen LogP contribution in [-0.2, 0) is 4.74 Å². The van der Waals surface area contributed by atoms with Crippen LogP contribution in [0.4, 0.5) is 10.1 Å². The van der Waals surface area contributed by atoms with Gasteiger partial charge >= 0.3 is 5.97 Å². The number of benzene rings is 1. The predicted molar refractivity (Wildman–Crippen MR) is 83.9 cm³/mol. The molecule has 2 aromatic rings. The number of ether oxygens (including phenoxy) is 1. The Morgan fingerprint density at radius 2 is 2.18 bits per heavy atom. The molecule has 9 heteroatoms. The van der Waals surface area contributed by atoms with Crippen molar-refractivity contribution in [2.45, 2.75) is 0 Å². The molecule has 0 atom stereocenters. The quantitative estimate of drug-likeness (QED) is 0.465. The molecule has 0 aliphatic carbocycles. The highest BCUT2D eigenvalue weighted by Crippen LogP contribution is 2.37. The normalized spacial score (nSPS) is 10.4. The zero-order valence-corrected chi connectivity index (χ0v) is 14.1. The third kappa shape index (κ3) is 2.54. The number of esters is 1. The molecule has 2 N–H and O–H groups in total. The number of nitrogen functional groups attached to an aromatic ring is 1. The molecule has 1 aromatic heterocycles. The van der Waals surface area contributed by atoms with E-state index in [0.717, 1.165) is 0 Å². The molecule has 0 saturated heterocycles. The lowest BCUT2D eigenvalue weighted by Crippen LogP contribution is -2.11. The van der Waals surface area contributed by atoms with Gasteiger partial charge in [-0.1, -0.05) is 23.2 Å². The number of carbonyl (C=O) groups excluding carboxylic acids is 1. The van der Waals surface area contributed by atoms with Crippen molar-refractivity contribution >= 4 is 50.8 Å². The van der Waals surface area contributed by atoms with E-state index in [4.69, 9.17) is 34.2 Å². The van der Waals surface area contributed by atoms with Crippen molar-refractivity contribution in [3.05, 3.63) is 43.9 Å². The van der Waals surface area contributed by atoms with Crippen molar-refractivity contribution in [2.75, 3.05) is 12.8 Å². The van der Waals surface area contributed by atoms with Gasteiger partial charge in [0.25, 0.3) is 0 Å². The van der Waals surface area contributed by atoms with Gasteiger partial charge in [-0.3, -0.25) is 0 Å². The van der Waals surface area contributed by atoms with Crippen molar-refractivity contribution in [3.63, 3.8) is 0 Å². The SMILES string of the molecule is COC(=O)c1c(N)c(C#N)cn1-c1cc(Cl)c(F)c(Cl)c1Br. The van der Waals surface area contributed by atoms with Gasteiger partial charge in [0.2, 0.25) is 0 Å². The summed E-state index contributed by atoms with van der Waals surface area (Å²) in [6.07, 6.45) is 1.31. The number of rotatable bonds is 2. The van der Waals surface area contributed by atoms with Gasteiger partial charge in [0.1, 0.15) is 6.07 Å². The van der Waals surface area contributed by atoms with Gasteiger partial charge in [0, 0.05) is 6.20 Å². The monoisotopic (exact) mass is 405 g/mol. The Hall–Kier alpha value is -1.75. The van der Waals surface area contributed by atoms with Crippen LogP contribution in [0.15, 0.2) is 16.7 Å². The minimum atomic E-state index is -0.806. The number of anilines is 1. The first-order chi connectivity index (χ1) is 10.3. The largest absolute Gasteiger partial charge is 0.464 e. The van der Waals surface area contributed by atoms with E-state index in [-0.39, 0.29) is 37.2 Å². The second-order valence-electron chi connectivity index (χ2n) is 4.10. The molecule has 0 amide bonds. The molecule has 0 fully saturated rings. The van der Waals surface area contributed by atoms with Crippen LogP contribution in [0.5, 0.6) is 0 Å². The van der Waals surface area contributed by atoms with Gasteiger partial charge in [-0.05, 0) is 22.0 Å². The Balaban J connectivity index is 2.85. The predicted octanol–water partition coefficient (Wildman–Crippen LogP) is 3.93. The number of nitriles is 1. The summed E-state index contributed by atoms with van der Waals surface area (Å²) in [6.45, 7) is 0. The van der Waals surface area contributed by atoms with Crippen molar-refractivity contribution < 1.29 is 13.9 Å². The molecule has 0 aliphatic rings. The smallest absolute Gasteiger partial charge is 0.357 e. The summed E-state index contributed by atoms with van der Waals surface area (Å²) in [7, 11) is 1.17. The standard InChI is InChI=1S/C13H7BrCl2FN3O2/c1-22-13(21)12-11(19)5(3-18)4-20(12)7-2-6(15)10(17)9(16)8(7)14/h2,4H,19H2,1H3. The maximum atomic E-state index is 13.7. The maximum Gasteiger partial charge on any atom is 0.357 e. The zero-order valence-electron chi connectivity index (χ0n) is 11.0. The highest BCUT2D eigenvalue weighted by Gasteiger charge is 2.24. The van der Waals surface area contributed by atoms with Gasteiger partial charge in [-0.25, -0.2) is 9.18 Å². The first kappa shape index (κ1) is 16.6. The molecular weight excluding hydrogens is 400 g/mol. The summed E-state index contributed by atoms with van der Waals surface area (Å²) in [5, 5.41) is 8.56. The van der Waals surface area contributed by atoms with E-state index in [9.17, 15) is 9.18 Å². The van der Waals surface area contributed by atoms with Crippen LogP contribution < -0.4 is 5.73 Å². The minimum absolute atomic E-state index is 0.0576. The number of hydrogen-bond acceptors (Lipinski definition) is 4. The van der Waals surface area contributed by atoms with E-state index in [1.807, 2.05) is 6.07 Å². The fraction of sp³-hybridized carbons (Fsp3) is 0.0769. The summed E-state index contributed by atoms with van der Waals surface area (Å²) >= 11 is 14.8. The molecule has 1 heterocycles. The molecule has 0 spiro atoms. The highest BCUT2D eigenvalue weighted by molar-refractivity contribution is 9.10. The van der Waals surface area contributed by atoms with E-state index >= 15 is 0 Å². The molecule has 0 saturated carbocycles. The molecule has 1 aromatic carbocycles. The lowest BCUT2D eigenvalue weighted by Gasteiger charge is -2.12. The first-order valence-corrected chi connectivity index (χ1v) is 7.21. The highest BCUT2D eigenvalue weighted by atomic mass is 79.9. The van der Waals surface area contributed by atoms with Gasteiger partial charge in [0.05, 0.1) is 38.6 Å². The van der Waals surface area contributed by atoms with Crippen LogP contribution in [0.25, 0.3) is 5.69 Å². The number of aromatic nitrogens is 1. The van der Waals surface area contributed by atoms with E-state index in [0.29, 0.717) is 0 Å². The fourth-order valence-electron chi connectivity index (χ4n) is 1.84. The molecule has 0 bridgehead atoms. The van der Waals surface area contributed by atoms with Crippen LogP contribution in [0.3, 0.4) is 0 Å². The Morgan fingerprint density at radius 3 is 2.73 bits per heavy atom. The van der Waals surface area contributed by atoms with Crippen LogP contribution in [0.2, 0.25) is 10.0 Å². The average molecular weight is 407 g/mol. The van der Waals surface area contributed by atoms with Crippen LogP contribution in [0, 0.1) is 17.1 Å². The third-order valence-electron chi connectivity index (χ3n) is 2.89. The second kappa shape index (κ2) is 6.16. The Morgan fingerprint density at radius 1 is 1.55 bits per heavy atom. The van der Waals surface area contributed by atoms with Gasteiger partial charge in [-0.15, -0.1) is 0 Å². The van der Waals surface area contributed by atoms with Crippen molar-refractivity contribution in [1.29, 1.82) is 5.26 Å². The molecule has 0 radical (unpaired) electrons. The Kier molecular flexibility index (Phi) is 4.66. The molecule has 5 nitrogen and oxygen atoms in total. The third-order valence-corrected chi connectivity index (χ3v) is 4.55. The summed E-state index contributed by atoms with van der Waals surface area (Å²) in [6, 6.07) is 3.11. The van der Waals surface area contributed by atoms with Crippen LogP contribution in [-0.4, -0.2) is 17.6 Å². The van der Waals surface area contributed by atoms with E-state index in [2.05, 4.69) is 20.7 Å². The van der Waals surface area contributed by atoms with Gasteiger partial charge < -0.3 is 15.0 Å². The van der Waals surface area contributed by atoms with Crippen molar-refractivity contribution in [3.8, 4) is 11.8 Å². The topological polar surface area (TPSA) is 81.0 Å². The molecule has 114 valence electrons.